The van der Waals surface area contributed by atoms with Crippen LogP contribution < -0.4 is 10.6 Å². The monoisotopic (exact) mass is 395 g/mol. The number of hydrogen-bond donors (Lipinski definition) is 2. The van der Waals surface area contributed by atoms with Gasteiger partial charge in [0.1, 0.15) is 0 Å². The van der Waals surface area contributed by atoms with Crippen LogP contribution >= 0.6 is 0 Å². The van der Waals surface area contributed by atoms with Gasteiger partial charge in [0.25, 0.3) is 0 Å². The molecule has 0 unspecified atom stereocenters. The maximum atomic E-state index is 11.8. The second-order valence-corrected chi connectivity index (χ2v) is 8.14. The zero-order chi connectivity index (χ0) is 20.0. The fourth-order valence-corrected chi connectivity index (χ4v) is 4.21. The fourth-order valence-electron chi connectivity index (χ4n) is 4.21. The van der Waals surface area contributed by atoms with Crippen molar-refractivity contribution in [2.75, 3.05) is 26.8 Å². The van der Waals surface area contributed by atoms with Gasteiger partial charge in [0.05, 0.1) is 18.6 Å². The molecule has 2 saturated carbocycles. The Bertz CT molecular complexity index is 454. The van der Waals surface area contributed by atoms with Crippen LogP contribution in [0.3, 0.4) is 0 Å². The third-order valence-corrected chi connectivity index (χ3v) is 5.93. The number of rotatable bonds is 9. The van der Waals surface area contributed by atoms with Crippen LogP contribution in [0, 0.1) is 5.92 Å². The van der Waals surface area contributed by atoms with E-state index >= 15 is 0 Å². The molecule has 6 heteroatoms. The zero-order valence-electron chi connectivity index (χ0n) is 18.0. The summed E-state index contributed by atoms with van der Waals surface area (Å²) >= 11 is 0. The predicted molar refractivity (Wildman–Crippen MR) is 114 cm³/mol. The highest BCUT2D eigenvalue weighted by Gasteiger charge is 2.27. The number of guanidine groups is 1. The van der Waals surface area contributed by atoms with Gasteiger partial charge in [-0.3, -0.25) is 9.79 Å². The Balaban J connectivity index is 1.52. The molecule has 28 heavy (non-hydrogen) atoms. The molecule has 0 amide bonds. The number of hydrogen-bond acceptors (Lipinski definition) is 4. The number of carbonyl (C=O) groups excluding carboxylic acids is 1. The minimum atomic E-state index is -0.0328. The van der Waals surface area contributed by atoms with Gasteiger partial charge in [0.15, 0.2) is 5.96 Å². The molecule has 162 valence electrons. The van der Waals surface area contributed by atoms with E-state index in [4.69, 9.17) is 9.47 Å². The van der Waals surface area contributed by atoms with Gasteiger partial charge in [-0.25, -0.2) is 0 Å². The van der Waals surface area contributed by atoms with Gasteiger partial charge in [-0.05, 0) is 58.3 Å². The number of ether oxygens (including phenoxy) is 2. The van der Waals surface area contributed by atoms with Crippen molar-refractivity contribution in [3.05, 3.63) is 0 Å². The molecule has 6 nitrogen and oxygen atoms in total. The third kappa shape index (κ3) is 8.80. The normalized spacial score (nSPS) is 24.4. The van der Waals surface area contributed by atoms with Crippen LogP contribution in [0.1, 0.15) is 84.0 Å². The summed E-state index contributed by atoms with van der Waals surface area (Å²) < 4.78 is 11.2. The first-order valence-corrected chi connectivity index (χ1v) is 11.5. The largest absolute Gasteiger partial charge is 0.466 e. The molecular formula is C22H41N3O3. The van der Waals surface area contributed by atoms with E-state index in [1.165, 1.54) is 38.5 Å². The van der Waals surface area contributed by atoms with Gasteiger partial charge >= 0.3 is 5.97 Å². The minimum Gasteiger partial charge on any atom is -0.466 e. The zero-order valence-corrected chi connectivity index (χ0v) is 18.0. The van der Waals surface area contributed by atoms with Crippen molar-refractivity contribution in [2.24, 2.45) is 10.9 Å². The first-order valence-electron chi connectivity index (χ1n) is 11.5. The second-order valence-electron chi connectivity index (χ2n) is 8.14. The average molecular weight is 396 g/mol. The Labute approximate surface area is 171 Å². The summed E-state index contributed by atoms with van der Waals surface area (Å²) in [6, 6.07) is 0.385. The lowest BCUT2D eigenvalue weighted by Gasteiger charge is -2.29. The van der Waals surface area contributed by atoms with Crippen molar-refractivity contribution in [1.29, 1.82) is 0 Å². The molecule has 2 rings (SSSR count). The Morgan fingerprint density at radius 3 is 2.36 bits per heavy atom. The molecule has 0 atom stereocenters. The minimum absolute atomic E-state index is 0.0328. The molecule has 0 saturated heterocycles. The van der Waals surface area contributed by atoms with Gasteiger partial charge in [0.2, 0.25) is 0 Å². The molecule has 2 N–H and O–H groups in total. The van der Waals surface area contributed by atoms with Crippen LogP contribution in [0.4, 0.5) is 0 Å². The molecule has 0 aliphatic heterocycles. The van der Waals surface area contributed by atoms with Crippen molar-refractivity contribution in [2.45, 2.75) is 96.1 Å². The van der Waals surface area contributed by atoms with Crippen LogP contribution in [0.5, 0.6) is 0 Å². The number of aliphatic imine (C=N–C) groups is 1. The maximum absolute atomic E-state index is 11.8. The summed E-state index contributed by atoms with van der Waals surface area (Å²) in [5.41, 5.74) is 0. The summed E-state index contributed by atoms with van der Waals surface area (Å²) in [5, 5.41) is 6.91. The van der Waals surface area contributed by atoms with Gasteiger partial charge in [-0.1, -0.05) is 25.7 Å². The third-order valence-electron chi connectivity index (χ3n) is 5.93. The van der Waals surface area contributed by atoms with Crippen molar-refractivity contribution in [1.82, 2.24) is 10.6 Å². The van der Waals surface area contributed by atoms with Gasteiger partial charge in [0, 0.05) is 26.2 Å². The summed E-state index contributed by atoms with van der Waals surface area (Å²) in [5.74, 6) is 0.903. The molecule has 0 radical (unpaired) electrons. The van der Waals surface area contributed by atoms with E-state index in [9.17, 15) is 4.79 Å². The molecule has 0 aromatic rings. The van der Waals surface area contributed by atoms with Gasteiger partial charge in [-0.15, -0.1) is 0 Å². The van der Waals surface area contributed by atoms with E-state index in [1.807, 2.05) is 14.0 Å². The average Bonchev–Trinajstić information content (AvgIpc) is 2.99. The Hall–Kier alpha value is -1.30. The van der Waals surface area contributed by atoms with Crippen LogP contribution in [-0.2, 0) is 14.3 Å². The lowest BCUT2D eigenvalue weighted by atomic mass is 9.86. The van der Waals surface area contributed by atoms with Crippen LogP contribution in [-0.4, -0.2) is 50.9 Å². The van der Waals surface area contributed by atoms with E-state index in [-0.39, 0.29) is 11.9 Å². The molecule has 2 aliphatic carbocycles. The molecule has 0 heterocycles. The number of carbonyl (C=O) groups is 1. The maximum Gasteiger partial charge on any atom is 0.308 e. The Kier molecular flexibility index (Phi) is 11.3. The topological polar surface area (TPSA) is 72.0 Å². The van der Waals surface area contributed by atoms with Crippen LogP contribution in [0.25, 0.3) is 0 Å². The molecule has 0 aromatic heterocycles. The Morgan fingerprint density at radius 2 is 1.71 bits per heavy atom. The highest BCUT2D eigenvalue weighted by Crippen LogP contribution is 2.25. The Morgan fingerprint density at radius 1 is 1.00 bits per heavy atom. The molecular weight excluding hydrogens is 354 g/mol. The standard InChI is InChI=1S/C22H41N3O3/c1-3-27-21(26)18-12-14-19(15-13-18)25-22(23-2)24-16-8-9-17-28-20-10-6-4-5-7-11-20/h18-20H,3-17H2,1-2H3,(H2,23,24,25). The van der Waals surface area contributed by atoms with Crippen LogP contribution in [0.2, 0.25) is 0 Å². The van der Waals surface area contributed by atoms with Crippen molar-refractivity contribution < 1.29 is 14.3 Å². The highest BCUT2D eigenvalue weighted by atomic mass is 16.5. The highest BCUT2D eigenvalue weighted by molar-refractivity contribution is 5.80. The first kappa shape index (κ1) is 23.0. The van der Waals surface area contributed by atoms with E-state index in [0.29, 0.717) is 18.8 Å². The van der Waals surface area contributed by atoms with Crippen molar-refractivity contribution in [3.63, 3.8) is 0 Å². The van der Waals surface area contributed by atoms with E-state index in [1.54, 1.807) is 0 Å². The summed E-state index contributed by atoms with van der Waals surface area (Å²) in [6.07, 6.45) is 14.3. The number of unbranched alkanes of at least 4 members (excludes halogenated alkanes) is 1. The number of esters is 1. The van der Waals surface area contributed by atoms with E-state index < -0.39 is 0 Å². The summed E-state index contributed by atoms with van der Waals surface area (Å²) in [7, 11) is 1.81. The van der Waals surface area contributed by atoms with Gasteiger partial charge < -0.3 is 20.1 Å². The molecule has 0 spiro atoms. The molecule has 2 fully saturated rings. The SMILES string of the molecule is CCOC(=O)C1CCC(NC(=NC)NCCCCOC2CCCCCC2)CC1. The quantitative estimate of drug-likeness (QED) is 0.204. The predicted octanol–water partition coefficient (Wildman–Crippen LogP) is 3.79. The molecule has 0 aromatic carbocycles. The van der Waals surface area contributed by atoms with Crippen LogP contribution in [0.15, 0.2) is 4.99 Å². The summed E-state index contributed by atoms with van der Waals surface area (Å²) in [6.45, 7) is 4.12. The molecule has 2 aliphatic rings. The summed E-state index contributed by atoms with van der Waals surface area (Å²) in [4.78, 5) is 16.2. The lowest BCUT2D eigenvalue weighted by molar-refractivity contribution is -0.149. The van der Waals surface area contributed by atoms with Gasteiger partial charge in [-0.2, -0.15) is 0 Å². The molecule has 0 bridgehead atoms. The van der Waals surface area contributed by atoms with Crippen molar-refractivity contribution >= 4 is 11.9 Å². The van der Waals surface area contributed by atoms with E-state index in [0.717, 1.165) is 57.6 Å². The van der Waals surface area contributed by atoms with Crippen molar-refractivity contribution in [3.8, 4) is 0 Å². The second kappa shape index (κ2) is 13.8. The number of nitrogens with one attached hydrogen (secondary N) is 2. The van der Waals surface area contributed by atoms with E-state index in [2.05, 4.69) is 15.6 Å². The lowest BCUT2D eigenvalue weighted by Crippen LogP contribution is -2.45. The smallest absolute Gasteiger partial charge is 0.308 e. The fraction of sp³-hybridized carbons (Fsp3) is 0.909. The number of nitrogens with zero attached hydrogens (tertiary/aromatic N) is 1. The first-order chi connectivity index (χ1) is 13.7.